The minimum Gasteiger partial charge on any atom is -0.439 e. The van der Waals surface area contributed by atoms with Crippen molar-refractivity contribution in [1.29, 1.82) is 0 Å². The van der Waals surface area contributed by atoms with E-state index in [1.165, 1.54) is 4.90 Å². The fourth-order valence-corrected chi connectivity index (χ4v) is 6.84. The summed E-state index contributed by atoms with van der Waals surface area (Å²) in [6.45, 7) is 8.08. The molecule has 0 aliphatic carbocycles. The van der Waals surface area contributed by atoms with Gasteiger partial charge in [0, 0.05) is 49.5 Å². The summed E-state index contributed by atoms with van der Waals surface area (Å²) in [6, 6.07) is 21.7. The first-order valence-electron chi connectivity index (χ1n) is 17.2. The molecular weight excluding hydrogens is 654 g/mol. The number of pyridine rings is 1. The van der Waals surface area contributed by atoms with Gasteiger partial charge in [-0.2, -0.15) is 0 Å². The van der Waals surface area contributed by atoms with Crippen LogP contribution in [0.15, 0.2) is 78.9 Å². The second kappa shape index (κ2) is 15.3. The van der Waals surface area contributed by atoms with Crippen LogP contribution in [0.1, 0.15) is 65.5 Å². The summed E-state index contributed by atoms with van der Waals surface area (Å²) >= 11 is 0. The lowest BCUT2D eigenvalue weighted by atomic mass is 9.98. The van der Waals surface area contributed by atoms with Crippen LogP contribution in [0.3, 0.4) is 0 Å². The first-order valence-corrected chi connectivity index (χ1v) is 17.2. The molecule has 6 rings (SSSR count). The van der Waals surface area contributed by atoms with Crippen molar-refractivity contribution in [3.05, 3.63) is 118 Å². The number of ether oxygens (including phenoxy) is 1. The van der Waals surface area contributed by atoms with Crippen molar-refractivity contribution < 1.29 is 27.9 Å². The van der Waals surface area contributed by atoms with Gasteiger partial charge in [0.05, 0.1) is 30.3 Å². The summed E-state index contributed by atoms with van der Waals surface area (Å²) in [5.74, 6) is -1.96. The standard InChI is InChI=1S/C39H42F2N6O4/c1-24(2)43-36(48)19-26-9-12-30(13-10-26)51-37-14-11-28(25(3)44-37)22-45-17-15-29(16-18-45)47-35(27-7-5-4-6-8-27)23-46(39(47)50)34-20-31(38(42)49)32(40)21-33(34)41/h4-14,20-21,24,29,35H,15-19,22-23H2,1-3H3,(H2,42,49)(H,43,48)/t35-/m0/s1. The van der Waals surface area contributed by atoms with E-state index >= 15 is 4.39 Å². The van der Waals surface area contributed by atoms with E-state index in [9.17, 15) is 18.8 Å². The summed E-state index contributed by atoms with van der Waals surface area (Å²) < 4.78 is 35.4. The average Bonchev–Trinajstić information content (AvgIpc) is 3.43. The summed E-state index contributed by atoms with van der Waals surface area (Å²) in [6.07, 6.45) is 1.70. The molecule has 0 radical (unpaired) electrons. The number of hydrogen-bond donors (Lipinski definition) is 2. The van der Waals surface area contributed by atoms with Crippen molar-refractivity contribution in [3.8, 4) is 11.6 Å². The second-order valence-electron chi connectivity index (χ2n) is 13.4. The van der Waals surface area contributed by atoms with Gasteiger partial charge in [-0.25, -0.2) is 18.6 Å². The first-order chi connectivity index (χ1) is 24.5. The van der Waals surface area contributed by atoms with Gasteiger partial charge in [0.25, 0.3) is 5.91 Å². The molecule has 1 aromatic heterocycles. The van der Waals surface area contributed by atoms with Gasteiger partial charge < -0.3 is 20.7 Å². The Bertz CT molecular complexity index is 1900. The van der Waals surface area contributed by atoms with Crippen molar-refractivity contribution in [1.82, 2.24) is 20.1 Å². The molecule has 12 heteroatoms. The molecule has 2 fully saturated rings. The molecule has 4 aromatic rings. The van der Waals surface area contributed by atoms with E-state index in [0.717, 1.165) is 41.5 Å². The molecule has 0 unspecified atom stereocenters. The SMILES string of the molecule is Cc1nc(Oc2ccc(CC(=O)NC(C)C)cc2)ccc1CN1CCC(N2C(=O)N(c3cc(C(N)=O)c(F)cc3F)C[C@H]2c2ccccc2)CC1. The molecule has 2 saturated heterocycles. The Kier molecular flexibility index (Phi) is 10.6. The van der Waals surface area contributed by atoms with Gasteiger partial charge in [-0.15, -0.1) is 0 Å². The first kappa shape index (κ1) is 35.5. The highest BCUT2D eigenvalue weighted by molar-refractivity contribution is 5.98. The smallest absolute Gasteiger partial charge is 0.325 e. The van der Waals surface area contributed by atoms with Crippen LogP contribution in [0, 0.1) is 18.6 Å². The summed E-state index contributed by atoms with van der Waals surface area (Å²) in [5.41, 5.74) is 8.41. The minimum absolute atomic E-state index is 0.0248. The van der Waals surface area contributed by atoms with Gasteiger partial charge in [0.1, 0.15) is 17.4 Å². The number of likely N-dealkylation sites (tertiary alicyclic amines) is 1. The van der Waals surface area contributed by atoms with Gasteiger partial charge in [-0.05, 0) is 68.5 Å². The fraction of sp³-hybridized carbons (Fsp3) is 0.333. The maximum Gasteiger partial charge on any atom is 0.325 e. The maximum atomic E-state index is 15.1. The predicted octanol–water partition coefficient (Wildman–Crippen LogP) is 6.27. The Labute approximate surface area is 296 Å². The van der Waals surface area contributed by atoms with Crippen molar-refractivity contribution in [2.24, 2.45) is 5.73 Å². The minimum atomic E-state index is -1.07. The van der Waals surface area contributed by atoms with E-state index in [1.54, 1.807) is 0 Å². The van der Waals surface area contributed by atoms with Crippen LogP contribution in [0.5, 0.6) is 11.6 Å². The van der Waals surface area contributed by atoms with E-state index in [-0.39, 0.29) is 36.3 Å². The predicted molar refractivity (Wildman–Crippen MR) is 189 cm³/mol. The Morgan fingerprint density at radius 1 is 0.980 bits per heavy atom. The lowest BCUT2D eigenvalue weighted by molar-refractivity contribution is -0.120. The monoisotopic (exact) mass is 696 g/mol. The average molecular weight is 697 g/mol. The Balaban J connectivity index is 1.10. The molecule has 2 aliphatic rings. The van der Waals surface area contributed by atoms with Gasteiger partial charge >= 0.3 is 6.03 Å². The fourth-order valence-electron chi connectivity index (χ4n) is 6.84. The van der Waals surface area contributed by atoms with Gasteiger partial charge in [0.15, 0.2) is 0 Å². The summed E-state index contributed by atoms with van der Waals surface area (Å²) in [5, 5.41) is 2.89. The number of rotatable bonds is 11. The highest BCUT2D eigenvalue weighted by Crippen LogP contribution is 2.38. The van der Waals surface area contributed by atoms with Crippen LogP contribution >= 0.6 is 0 Å². The van der Waals surface area contributed by atoms with Crippen molar-refractivity contribution >= 4 is 23.5 Å². The number of benzene rings is 3. The van der Waals surface area contributed by atoms with E-state index in [0.29, 0.717) is 43.5 Å². The number of halogens is 2. The van der Waals surface area contributed by atoms with Crippen LogP contribution in [-0.4, -0.2) is 64.3 Å². The molecule has 0 bridgehead atoms. The lowest BCUT2D eigenvalue weighted by Gasteiger charge is -2.39. The highest BCUT2D eigenvalue weighted by Gasteiger charge is 2.44. The van der Waals surface area contributed by atoms with Crippen molar-refractivity contribution in [3.63, 3.8) is 0 Å². The van der Waals surface area contributed by atoms with Crippen LogP contribution < -0.4 is 20.7 Å². The molecule has 3 N–H and O–H groups in total. The molecule has 2 aliphatic heterocycles. The van der Waals surface area contributed by atoms with Gasteiger partial charge in [0.2, 0.25) is 11.8 Å². The van der Waals surface area contributed by atoms with E-state index in [4.69, 9.17) is 10.5 Å². The number of piperidine rings is 1. The number of aryl methyl sites for hydroxylation is 1. The largest absolute Gasteiger partial charge is 0.439 e. The zero-order chi connectivity index (χ0) is 36.2. The number of carbonyl (C=O) groups excluding carboxylic acids is 3. The number of carbonyl (C=O) groups is 3. The molecule has 4 amide bonds. The molecule has 0 spiro atoms. The molecule has 3 heterocycles. The topological polar surface area (TPSA) is 121 Å². The van der Waals surface area contributed by atoms with E-state index < -0.39 is 29.1 Å². The van der Waals surface area contributed by atoms with Gasteiger partial charge in [-0.1, -0.05) is 48.5 Å². The number of nitrogens with one attached hydrogen (secondary N) is 1. The van der Waals surface area contributed by atoms with Crippen LogP contribution in [-0.2, 0) is 17.8 Å². The van der Waals surface area contributed by atoms with Gasteiger partial charge in [-0.3, -0.25) is 19.4 Å². The number of aromatic nitrogens is 1. The van der Waals surface area contributed by atoms with E-state index in [1.807, 2.05) is 92.4 Å². The third-order valence-electron chi connectivity index (χ3n) is 9.39. The van der Waals surface area contributed by atoms with Crippen molar-refractivity contribution in [2.45, 2.75) is 64.7 Å². The number of anilines is 1. The Hall–Kier alpha value is -5.36. The van der Waals surface area contributed by atoms with Crippen molar-refractivity contribution in [2.75, 3.05) is 24.5 Å². The molecule has 0 saturated carbocycles. The maximum absolute atomic E-state index is 15.1. The van der Waals surface area contributed by atoms with Crippen LogP contribution in [0.25, 0.3) is 0 Å². The third-order valence-corrected chi connectivity index (χ3v) is 9.39. The molecule has 51 heavy (non-hydrogen) atoms. The molecule has 266 valence electrons. The highest BCUT2D eigenvalue weighted by atomic mass is 19.1. The molecule has 10 nitrogen and oxygen atoms in total. The zero-order valence-corrected chi connectivity index (χ0v) is 28.9. The number of hydrogen-bond acceptors (Lipinski definition) is 6. The quantitative estimate of drug-likeness (QED) is 0.191. The summed E-state index contributed by atoms with van der Waals surface area (Å²) in [4.78, 5) is 48.0. The molecule has 3 aromatic carbocycles. The van der Waals surface area contributed by atoms with Crippen LogP contribution in [0.4, 0.5) is 19.3 Å². The summed E-state index contributed by atoms with van der Waals surface area (Å²) in [7, 11) is 0. The Morgan fingerprint density at radius 2 is 1.69 bits per heavy atom. The number of urea groups is 1. The Morgan fingerprint density at radius 3 is 2.33 bits per heavy atom. The number of primary amides is 1. The number of nitrogens with zero attached hydrogens (tertiary/aromatic N) is 4. The third kappa shape index (κ3) is 8.18. The molecule has 1 atom stereocenters. The van der Waals surface area contributed by atoms with E-state index in [2.05, 4.69) is 15.2 Å². The van der Waals surface area contributed by atoms with Crippen LogP contribution in [0.2, 0.25) is 0 Å². The second-order valence-corrected chi connectivity index (χ2v) is 13.4. The number of amides is 4. The molecular formula is C39H42F2N6O4. The lowest BCUT2D eigenvalue weighted by Crippen LogP contribution is -2.47. The zero-order valence-electron chi connectivity index (χ0n) is 28.9. The number of nitrogens with two attached hydrogens (primary N) is 1. The normalized spacial score (nSPS) is 16.9.